The van der Waals surface area contributed by atoms with Crippen molar-refractivity contribution in [3.8, 4) is 0 Å². The molecule has 0 bridgehead atoms. The number of hydrogen-bond acceptors (Lipinski definition) is 4. The largest absolute Gasteiger partial charge is 0.469 e. The summed E-state index contributed by atoms with van der Waals surface area (Å²) in [4.78, 5) is 22.6. The van der Waals surface area contributed by atoms with Crippen LogP contribution in [0.4, 0.5) is 0 Å². The zero-order valence-corrected chi connectivity index (χ0v) is 25.8. The monoisotopic (exact) mass is 554 g/mol. The summed E-state index contributed by atoms with van der Waals surface area (Å²) in [5, 5.41) is 0. The summed E-state index contributed by atoms with van der Waals surface area (Å²) < 4.78 is 16.0. The molecule has 38 heavy (non-hydrogen) atoms. The second kappa shape index (κ2) is 23.0. The molecule has 1 atom stereocenters. The predicted octanol–water partition coefficient (Wildman–Crippen LogP) is 8.18. The van der Waals surface area contributed by atoms with E-state index in [2.05, 4.69) is 36.1 Å². The van der Waals surface area contributed by atoms with Crippen LogP contribution >= 0.6 is 7.82 Å². The highest BCUT2D eigenvalue weighted by atomic mass is 31.2. The van der Waals surface area contributed by atoms with Gasteiger partial charge in [0.2, 0.25) is 0 Å². The van der Waals surface area contributed by atoms with E-state index in [1.54, 1.807) is 0 Å². The lowest BCUT2D eigenvalue weighted by molar-refractivity contribution is 0.123. The van der Waals surface area contributed by atoms with E-state index in [9.17, 15) is 4.57 Å². The van der Waals surface area contributed by atoms with Crippen LogP contribution in [0, 0.1) is 0 Å². The van der Waals surface area contributed by atoms with Gasteiger partial charge in [-0.15, -0.1) is 0 Å². The standard InChI is InChI=1S/C31H59N2O4P/c1-4-5-6-7-8-9-10-11-12-13-14-15-16-17-18-22-26-33(28-30-23-20-19-21-24-30)27-25-31(32(2)3)29-37-38(34,35)36/h19-21,23-24,31H,4-18,22,25-29H2,1-3H3,(H2,34,35,36). The lowest BCUT2D eigenvalue weighted by Gasteiger charge is -2.28. The molecule has 1 unspecified atom stereocenters. The van der Waals surface area contributed by atoms with E-state index in [-0.39, 0.29) is 12.6 Å². The summed E-state index contributed by atoms with van der Waals surface area (Å²) >= 11 is 0. The maximum Gasteiger partial charge on any atom is 0.469 e. The van der Waals surface area contributed by atoms with E-state index in [1.165, 1.54) is 108 Å². The van der Waals surface area contributed by atoms with Crippen LogP contribution in [0.15, 0.2) is 30.3 Å². The third-order valence-corrected chi connectivity index (χ3v) is 8.01. The zero-order valence-electron chi connectivity index (χ0n) is 24.9. The van der Waals surface area contributed by atoms with Gasteiger partial charge in [0.05, 0.1) is 6.61 Å². The Bertz CT molecular complexity index is 698. The van der Waals surface area contributed by atoms with Gasteiger partial charge in [-0.05, 0) is 39.0 Å². The van der Waals surface area contributed by atoms with E-state index in [0.29, 0.717) is 0 Å². The van der Waals surface area contributed by atoms with E-state index < -0.39 is 7.82 Å². The van der Waals surface area contributed by atoms with Crippen LogP contribution < -0.4 is 0 Å². The molecule has 0 aromatic heterocycles. The Labute approximate surface area is 234 Å². The Balaban J connectivity index is 2.21. The Morgan fingerprint density at radius 2 is 1.21 bits per heavy atom. The van der Waals surface area contributed by atoms with Crippen LogP contribution in [0.25, 0.3) is 0 Å². The number of benzene rings is 1. The average molecular weight is 555 g/mol. The minimum Gasteiger partial charge on any atom is -0.304 e. The van der Waals surface area contributed by atoms with Gasteiger partial charge >= 0.3 is 7.82 Å². The summed E-state index contributed by atoms with van der Waals surface area (Å²) in [7, 11) is -0.578. The first kappa shape index (κ1) is 35.3. The van der Waals surface area contributed by atoms with Crippen LogP contribution in [0.1, 0.15) is 122 Å². The van der Waals surface area contributed by atoms with E-state index in [4.69, 9.17) is 14.3 Å². The van der Waals surface area contributed by atoms with Gasteiger partial charge in [0.15, 0.2) is 0 Å². The molecule has 1 rings (SSSR count). The molecule has 0 aliphatic rings. The van der Waals surface area contributed by atoms with Crippen molar-refractivity contribution in [1.82, 2.24) is 9.80 Å². The van der Waals surface area contributed by atoms with Crippen molar-refractivity contribution >= 4 is 7.82 Å². The number of unbranched alkanes of at least 4 members (excludes halogenated alkanes) is 15. The molecule has 0 fully saturated rings. The fraction of sp³-hybridized carbons (Fsp3) is 0.806. The predicted molar refractivity (Wildman–Crippen MR) is 161 cm³/mol. The Morgan fingerprint density at radius 3 is 1.66 bits per heavy atom. The van der Waals surface area contributed by atoms with Crippen molar-refractivity contribution in [2.45, 2.75) is 129 Å². The third-order valence-electron chi connectivity index (χ3n) is 7.52. The number of phosphoric acid groups is 1. The molecule has 2 N–H and O–H groups in total. The highest BCUT2D eigenvalue weighted by Gasteiger charge is 2.20. The van der Waals surface area contributed by atoms with E-state index in [0.717, 1.165) is 26.1 Å². The Kier molecular flexibility index (Phi) is 21.4. The van der Waals surface area contributed by atoms with Gasteiger partial charge in [0.1, 0.15) is 0 Å². The minimum atomic E-state index is -4.45. The maximum absolute atomic E-state index is 11.2. The van der Waals surface area contributed by atoms with Crippen LogP contribution in [-0.4, -0.2) is 59.4 Å². The fourth-order valence-electron chi connectivity index (χ4n) is 5.00. The normalized spacial score (nSPS) is 13.0. The molecule has 0 amide bonds. The second-order valence-electron chi connectivity index (χ2n) is 11.3. The molecular weight excluding hydrogens is 495 g/mol. The molecule has 222 valence electrons. The van der Waals surface area contributed by atoms with Crippen molar-refractivity contribution < 1.29 is 18.9 Å². The van der Waals surface area contributed by atoms with Crippen LogP contribution in [0.2, 0.25) is 0 Å². The number of likely N-dealkylation sites (N-methyl/N-ethyl adjacent to an activating group) is 1. The molecule has 7 heteroatoms. The number of hydrogen-bond donors (Lipinski definition) is 2. The minimum absolute atomic E-state index is 0.0355. The van der Waals surface area contributed by atoms with Crippen molar-refractivity contribution in [3.05, 3.63) is 35.9 Å². The molecule has 0 aliphatic heterocycles. The number of phosphoric ester groups is 1. The molecule has 0 saturated heterocycles. The average Bonchev–Trinajstić information content (AvgIpc) is 2.88. The second-order valence-corrected chi connectivity index (χ2v) is 12.5. The fourth-order valence-corrected chi connectivity index (χ4v) is 5.37. The van der Waals surface area contributed by atoms with Crippen molar-refractivity contribution in [2.24, 2.45) is 0 Å². The molecule has 0 saturated carbocycles. The number of rotatable bonds is 26. The molecule has 0 aliphatic carbocycles. The molecule has 6 nitrogen and oxygen atoms in total. The van der Waals surface area contributed by atoms with E-state index >= 15 is 0 Å². The van der Waals surface area contributed by atoms with Gasteiger partial charge < -0.3 is 14.7 Å². The van der Waals surface area contributed by atoms with Crippen LogP contribution in [0.3, 0.4) is 0 Å². The number of nitrogens with zero attached hydrogens (tertiary/aromatic N) is 2. The highest BCUT2D eigenvalue weighted by Crippen LogP contribution is 2.36. The SMILES string of the molecule is CCCCCCCCCCCCCCCCCCN(CCC(COP(=O)(O)O)N(C)C)Cc1ccccc1. The topological polar surface area (TPSA) is 73.2 Å². The van der Waals surface area contributed by atoms with Crippen LogP contribution in [0.5, 0.6) is 0 Å². The lowest BCUT2D eigenvalue weighted by atomic mass is 10.0. The van der Waals surface area contributed by atoms with Gasteiger partial charge in [0, 0.05) is 19.1 Å². The van der Waals surface area contributed by atoms with Gasteiger partial charge in [-0.25, -0.2) is 4.57 Å². The van der Waals surface area contributed by atoms with E-state index in [1.807, 2.05) is 25.1 Å². The summed E-state index contributed by atoms with van der Waals surface area (Å²) in [5.74, 6) is 0. The third kappa shape index (κ3) is 21.1. The van der Waals surface area contributed by atoms with Crippen molar-refractivity contribution in [1.29, 1.82) is 0 Å². The molecule has 0 radical (unpaired) electrons. The zero-order chi connectivity index (χ0) is 27.9. The summed E-state index contributed by atoms with van der Waals surface area (Å²) in [6, 6.07) is 10.5. The van der Waals surface area contributed by atoms with Gasteiger partial charge in [-0.3, -0.25) is 9.42 Å². The van der Waals surface area contributed by atoms with Gasteiger partial charge in [-0.1, -0.05) is 134 Å². The summed E-state index contributed by atoms with van der Waals surface area (Å²) in [6.45, 7) is 5.15. The first-order valence-electron chi connectivity index (χ1n) is 15.4. The smallest absolute Gasteiger partial charge is 0.304 e. The molecule has 1 aromatic rings. The van der Waals surface area contributed by atoms with Crippen LogP contribution in [-0.2, 0) is 15.6 Å². The lowest BCUT2D eigenvalue weighted by Crippen LogP contribution is -2.36. The quantitative estimate of drug-likeness (QED) is 0.0889. The first-order valence-corrected chi connectivity index (χ1v) is 17.0. The molecule has 1 aromatic carbocycles. The molecular formula is C31H59N2O4P. The summed E-state index contributed by atoms with van der Waals surface area (Å²) in [6.07, 6.45) is 22.8. The highest BCUT2D eigenvalue weighted by molar-refractivity contribution is 7.46. The molecule has 0 heterocycles. The summed E-state index contributed by atoms with van der Waals surface area (Å²) in [5.41, 5.74) is 1.30. The van der Waals surface area contributed by atoms with Gasteiger partial charge in [-0.2, -0.15) is 0 Å². The molecule has 0 spiro atoms. The Morgan fingerprint density at radius 1 is 0.737 bits per heavy atom. The van der Waals surface area contributed by atoms with Gasteiger partial charge in [0.25, 0.3) is 0 Å². The Hall–Kier alpha value is -0.750. The maximum atomic E-state index is 11.2. The van der Waals surface area contributed by atoms with Crippen molar-refractivity contribution in [2.75, 3.05) is 33.8 Å². The van der Waals surface area contributed by atoms with Crippen molar-refractivity contribution in [3.63, 3.8) is 0 Å². The first-order chi connectivity index (χ1) is 18.3.